The van der Waals surface area contributed by atoms with E-state index in [1.54, 1.807) is 0 Å². The minimum atomic E-state index is 0.410. The number of nitrogens with two attached hydrogens (primary N) is 1. The molecule has 0 bridgehead atoms. The number of rotatable bonds is 2. The van der Waals surface area contributed by atoms with E-state index in [2.05, 4.69) is 35.2 Å². The van der Waals surface area contributed by atoms with Crippen LogP contribution in [-0.4, -0.2) is 30.1 Å². The van der Waals surface area contributed by atoms with Crippen LogP contribution in [0.1, 0.15) is 43.6 Å². The topological polar surface area (TPSA) is 29.3 Å². The Morgan fingerprint density at radius 1 is 1.00 bits per heavy atom. The van der Waals surface area contributed by atoms with E-state index in [0.29, 0.717) is 12.1 Å². The monoisotopic (exact) mass is 244 g/mol. The summed E-state index contributed by atoms with van der Waals surface area (Å²) in [6.07, 6.45) is 6.52. The quantitative estimate of drug-likeness (QED) is 0.866. The molecular weight excluding hydrogens is 220 g/mol. The fraction of sp³-hybridized carbons (Fsp3) is 0.625. The lowest BCUT2D eigenvalue weighted by Gasteiger charge is -2.36. The minimum Gasteiger partial charge on any atom is -0.326 e. The fourth-order valence-corrected chi connectivity index (χ4v) is 3.68. The molecule has 1 saturated carbocycles. The highest BCUT2D eigenvalue weighted by molar-refractivity contribution is 5.21. The summed E-state index contributed by atoms with van der Waals surface area (Å²) in [5.74, 6) is 0.723. The van der Waals surface area contributed by atoms with Crippen molar-refractivity contribution in [3.63, 3.8) is 0 Å². The lowest BCUT2D eigenvalue weighted by Crippen LogP contribution is -2.48. The third-order valence-corrected chi connectivity index (χ3v) is 4.74. The van der Waals surface area contributed by atoms with Crippen molar-refractivity contribution in [1.82, 2.24) is 4.90 Å². The van der Waals surface area contributed by atoms with Gasteiger partial charge in [-0.2, -0.15) is 0 Å². The zero-order valence-electron chi connectivity index (χ0n) is 11.1. The molecule has 1 aromatic rings. The summed E-state index contributed by atoms with van der Waals surface area (Å²) in [5.41, 5.74) is 7.81. The van der Waals surface area contributed by atoms with E-state index in [1.165, 1.54) is 50.8 Å². The molecule has 3 rings (SSSR count). The maximum absolute atomic E-state index is 6.30. The Bertz CT molecular complexity index is 376. The normalized spacial score (nSPS) is 33.7. The van der Waals surface area contributed by atoms with Crippen molar-refractivity contribution in [2.45, 2.75) is 50.1 Å². The molecule has 2 fully saturated rings. The van der Waals surface area contributed by atoms with Crippen LogP contribution in [0.5, 0.6) is 0 Å². The molecule has 18 heavy (non-hydrogen) atoms. The summed E-state index contributed by atoms with van der Waals surface area (Å²) in [4.78, 5) is 2.65. The Labute approximate surface area is 110 Å². The highest BCUT2D eigenvalue weighted by Crippen LogP contribution is 2.32. The zero-order chi connectivity index (χ0) is 12.4. The zero-order valence-corrected chi connectivity index (χ0v) is 11.1. The molecule has 1 aromatic carbocycles. The lowest BCUT2D eigenvalue weighted by atomic mass is 9.90. The standard InChI is InChI=1S/C16H24N2/c17-15-8-4-5-9-16(15)18-11-10-14(12-18)13-6-2-1-3-7-13/h1-3,6-7,14-16H,4-5,8-12,17H2. The number of benzene rings is 1. The van der Waals surface area contributed by atoms with Gasteiger partial charge in [0.25, 0.3) is 0 Å². The van der Waals surface area contributed by atoms with Crippen LogP contribution in [-0.2, 0) is 0 Å². The van der Waals surface area contributed by atoms with Gasteiger partial charge in [0.1, 0.15) is 0 Å². The minimum absolute atomic E-state index is 0.410. The van der Waals surface area contributed by atoms with Crippen molar-refractivity contribution in [3.8, 4) is 0 Å². The molecule has 0 amide bonds. The summed E-state index contributed by atoms with van der Waals surface area (Å²) in [5, 5.41) is 0. The summed E-state index contributed by atoms with van der Waals surface area (Å²) in [6.45, 7) is 2.44. The summed E-state index contributed by atoms with van der Waals surface area (Å²) in [7, 11) is 0. The second kappa shape index (κ2) is 5.41. The van der Waals surface area contributed by atoms with Gasteiger partial charge < -0.3 is 5.73 Å². The van der Waals surface area contributed by atoms with Gasteiger partial charge in [-0.1, -0.05) is 43.2 Å². The first kappa shape index (κ1) is 12.2. The largest absolute Gasteiger partial charge is 0.326 e. The smallest absolute Gasteiger partial charge is 0.0247 e. The van der Waals surface area contributed by atoms with E-state index in [1.807, 2.05) is 0 Å². The molecular formula is C16H24N2. The van der Waals surface area contributed by atoms with Gasteiger partial charge in [0, 0.05) is 18.6 Å². The van der Waals surface area contributed by atoms with Crippen molar-refractivity contribution < 1.29 is 0 Å². The van der Waals surface area contributed by atoms with Crippen LogP contribution in [0.25, 0.3) is 0 Å². The molecule has 2 heteroatoms. The van der Waals surface area contributed by atoms with Gasteiger partial charge in [-0.25, -0.2) is 0 Å². The number of nitrogens with zero attached hydrogens (tertiary/aromatic N) is 1. The van der Waals surface area contributed by atoms with Gasteiger partial charge in [-0.05, 0) is 37.3 Å². The van der Waals surface area contributed by atoms with Crippen LogP contribution in [0.4, 0.5) is 0 Å². The van der Waals surface area contributed by atoms with Gasteiger partial charge in [0.15, 0.2) is 0 Å². The number of hydrogen-bond donors (Lipinski definition) is 1. The first-order chi connectivity index (χ1) is 8.84. The van der Waals surface area contributed by atoms with Crippen LogP contribution in [0.3, 0.4) is 0 Å². The van der Waals surface area contributed by atoms with Gasteiger partial charge in [-0.15, -0.1) is 0 Å². The van der Waals surface area contributed by atoms with Gasteiger partial charge in [-0.3, -0.25) is 4.90 Å². The third kappa shape index (κ3) is 2.45. The molecule has 3 atom stereocenters. The average Bonchev–Trinajstić information content (AvgIpc) is 2.90. The van der Waals surface area contributed by atoms with E-state index >= 15 is 0 Å². The molecule has 98 valence electrons. The average molecular weight is 244 g/mol. The van der Waals surface area contributed by atoms with Crippen molar-refractivity contribution in [2.75, 3.05) is 13.1 Å². The molecule has 1 aliphatic carbocycles. The molecule has 0 spiro atoms. The molecule has 2 nitrogen and oxygen atoms in total. The Hall–Kier alpha value is -0.860. The molecule has 1 aliphatic heterocycles. The third-order valence-electron chi connectivity index (χ3n) is 4.74. The van der Waals surface area contributed by atoms with Crippen LogP contribution in [0, 0.1) is 0 Å². The van der Waals surface area contributed by atoms with Gasteiger partial charge in [0.2, 0.25) is 0 Å². The van der Waals surface area contributed by atoms with E-state index in [9.17, 15) is 0 Å². The van der Waals surface area contributed by atoms with Gasteiger partial charge in [0.05, 0.1) is 0 Å². The lowest BCUT2D eigenvalue weighted by molar-refractivity contribution is 0.166. The summed E-state index contributed by atoms with van der Waals surface area (Å²) < 4.78 is 0. The van der Waals surface area contributed by atoms with E-state index in [4.69, 9.17) is 5.73 Å². The molecule has 2 aliphatic rings. The van der Waals surface area contributed by atoms with Crippen LogP contribution in [0.2, 0.25) is 0 Å². The molecule has 0 aromatic heterocycles. The van der Waals surface area contributed by atoms with Crippen molar-refractivity contribution in [3.05, 3.63) is 35.9 Å². The van der Waals surface area contributed by atoms with Gasteiger partial charge >= 0.3 is 0 Å². The number of likely N-dealkylation sites (tertiary alicyclic amines) is 1. The molecule has 3 unspecified atom stereocenters. The Morgan fingerprint density at radius 2 is 1.78 bits per heavy atom. The van der Waals surface area contributed by atoms with Crippen molar-refractivity contribution in [1.29, 1.82) is 0 Å². The van der Waals surface area contributed by atoms with E-state index < -0.39 is 0 Å². The Morgan fingerprint density at radius 3 is 2.56 bits per heavy atom. The predicted molar refractivity (Wildman–Crippen MR) is 75.6 cm³/mol. The van der Waals surface area contributed by atoms with Crippen molar-refractivity contribution in [2.24, 2.45) is 5.73 Å². The van der Waals surface area contributed by atoms with Crippen LogP contribution >= 0.6 is 0 Å². The molecule has 1 saturated heterocycles. The second-order valence-electron chi connectivity index (χ2n) is 5.91. The second-order valence-corrected chi connectivity index (χ2v) is 5.91. The highest BCUT2D eigenvalue weighted by Gasteiger charge is 2.33. The first-order valence-corrected chi connectivity index (χ1v) is 7.39. The Balaban J connectivity index is 1.64. The van der Waals surface area contributed by atoms with E-state index in [-0.39, 0.29) is 0 Å². The maximum Gasteiger partial charge on any atom is 0.0247 e. The maximum atomic E-state index is 6.30. The summed E-state index contributed by atoms with van der Waals surface area (Å²) in [6, 6.07) is 12.0. The summed E-state index contributed by atoms with van der Waals surface area (Å²) >= 11 is 0. The van der Waals surface area contributed by atoms with Crippen LogP contribution in [0.15, 0.2) is 30.3 Å². The Kier molecular flexibility index (Phi) is 3.67. The molecule has 2 N–H and O–H groups in total. The predicted octanol–water partition coefficient (Wildman–Crippen LogP) is 2.75. The van der Waals surface area contributed by atoms with Crippen molar-refractivity contribution >= 4 is 0 Å². The molecule has 1 heterocycles. The fourth-order valence-electron chi connectivity index (χ4n) is 3.68. The number of hydrogen-bond acceptors (Lipinski definition) is 2. The van der Waals surface area contributed by atoms with Crippen LogP contribution < -0.4 is 5.73 Å². The highest BCUT2D eigenvalue weighted by atomic mass is 15.2. The van der Waals surface area contributed by atoms with E-state index in [0.717, 1.165) is 5.92 Å². The molecule has 0 radical (unpaired) electrons. The SMILES string of the molecule is NC1CCCCC1N1CCC(c2ccccc2)C1. The first-order valence-electron chi connectivity index (χ1n) is 7.39.